The highest BCUT2D eigenvalue weighted by atomic mass is 16.2. The second kappa shape index (κ2) is 8.61. The highest BCUT2D eigenvalue weighted by molar-refractivity contribution is 5.94. The summed E-state index contributed by atoms with van der Waals surface area (Å²) in [7, 11) is 0. The molecule has 0 aliphatic rings. The molecule has 2 N–H and O–H groups in total. The van der Waals surface area contributed by atoms with Gasteiger partial charge >= 0.3 is 0 Å². The molecule has 0 atom stereocenters. The third-order valence-corrected chi connectivity index (χ3v) is 4.97. The molecule has 0 unspecified atom stereocenters. The zero-order valence-corrected chi connectivity index (χ0v) is 17.0. The van der Waals surface area contributed by atoms with Crippen molar-refractivity contribution in [1.29, 1.82) is 0 Å². The summed E-state index contributed by atoms with van der Waals surface area (Å²) in [6.45, 7) is 4.83. The number of aromatic nitrogens is 3. The summed E-state index contributed by atoms with van der Waals surface area (Å²) < 4.78 is 1.90. The highest BCUT2D eigenvalue weighted by Crippen LogP contribution is 2.24. The van der Waals surface area contributed by atoms with Gasteiger partial charge in [0.1, 0.15) is 11.4 Å². The summed E-state index contributed by atoms with van der Waals surface area (Å²) in [4.78, 5) is 15.0. The fourth-order valence-corrected chi connectivity index (χ4v) is 3.19. The van der Waals surface area contributed by atoms with Gasteiger partial charge < -0.3 is 4.98 Å². The van der Waals surface area contributed by atoms with Crippen LogP contribution in [0.2, 0.25) is 0 Å². The number of nitrogens with one attached hydrogen (secondary N) is 2. The van der Waals surface area contributed by atoms with Gasteiger partial charge in [-0.25, -0.2) is 5.43 Å². The molecule has 2 heterocycles. The van der Waals surface area contributed by atoms with Crippen molar-refractivity contribution in [2.24, 2.45) is 5.10 Å². The number of hydrazone groups is 1. The number of amides is 1. The Morgan fingerprint density at radius 3 is 2.67 bits per heavy atom. The van der Waals surface area contributed by atoms with E-state index in [9.17, 15) is 4.79 Å². The smallest absolute Gasteiger partial charge is 0.287 e. The van der Waals surface area contributed by atoms with Gasteiger partial charge in [-0.05, 0) is 48.7 Å². The molecule has 0 saturated carbocycles. The molecule has 0 aliphatic heterocycles. The maximum absolute atomic E-state index is 12.1. The molecule has 150 valence electrons. The molecule has 30 heavy (non-hydrogen) atoms. The first-order chi connectivity index (χ1) is 14.6. The summed E-state index contributed by atoms with van der Waals surface area (Å²) in [5.74, 6) is -0.291. The molecule has 0 bridgehead atoms. The minimum atomic E-state index is -0.291. The van der Waals surface area contributed by atoms with Gasteiger partial charge in [-0.2, -0.15) is 10.2 Å². The summed E-state index contributed by atoms with van der Waals surface area (Å²) in [5, 5.41) is 8.95. The maximum Gasteiger partial charge on any atom is 0.287 e. The third kappa shape index (κ3) is 4.38. The molecule has 0 spiro atoms. The molecule has 0 fully saturated rings. The van der Waals surface area contributed by atoms with Gasteiger partial charge in [0.2, 0.25) is 0 Å². The lowest BCUT2D eigenvalue weighted by Crippen LogP contribution is -2.17. The van der Waals surface area contributed by atoms with Gasteiger partial charge in [0.15, 0.2) is 0 Å². The van der Waals surface area contributed by atoms with E-state index >= 15 is 0 Å². The van der Waals surface area contributed by atoms with E-state index in [-0.39, 0.29) is 5.91 Å². The number of hydrogen-bond acceptors (Lipinski definition) is 3. The Labute approximate surface area is 175 Å². The number of carbonyl (C=O) groups excluding carboxylic acids is 1. The molecular formula is C24H23N5O. The molecule has 2 aromatic carbocycles. The van der Waals surface area contributed by atoms with Crippen LogP contribution in [0.1, 0.15) is 32.7 Å². The monoisotopic (exact) mass is 397 g/mol. The van der Waals surface area contributed by atoms with Gasteiger partial charge in [-0.15, -0.1) is 0 Å². The van der Waals surface area contributed by atoms with E-state index in [2.05, 4.69) is 59.7 Å². The number of carbonyl (C=O) groups is 1. The largest absolute Gasteiger partial charge is 0.357 e. The number of rotatable bonds is 6. The molecule has 4 aromatic rings. The van der Waals surface area contributed by atoms with Gasteiger partial charge in [-0.3, -0.25) is 9.48 Å². The van der Waals surface area contributed by atoms with Crippen LogP contribution in [0.4, 0.5) is 0 Å². The second-order valence-electron chi connectivity index (χ2n) is 7.20. The number of aryl methyl sites for hydroxylation is 2. The van der Waals surface area contributed by atoms with Gasteiger partial charge in [0.05, 0.1) is 12.8 Å². The van der Waals surface area contributed by atoms with Crippen molar-refractivity contribution in [1.82, 2.24) is 20.2 Å². The molecule has 0 radical (unpaired) electrons. The van der Waals surface area contributed by atoms with Gasteiger partial charge in [0, 0.05) is 23.5 Å². The zero-order chi connectivity index (χ0) is 20.9. The summed E-state index contributed by atoms with van der Waals surface area (Å²) in [5.41, 5.74) is 9.29. The first kappa shape index (κ1) is 19.4. The Bertz CT molecular complexity index is 1170. The van der Waals surface area contributed by atoms with Crippen LogP contribution in [0.25, 0.3) is 11.3 Å². The van der Waals surface area contributed by atoms with Crippen LogP contribution in [0.5, 0.6) is 0 Å². The Morgan fingerprint density at radius 2 is 1.93 bits per heavy atom. The van der Waals surface area contributed by atoms with Crippen molar-refractivity contribution in [2.75, 3.05) is 0 Å². The minimum absolute atomic E-state index is 0.291. The van der Waals surface area contributed by atoms with Gasteiger partial charge in [0.25, 0.3) is 5.91 Å². The van der Waals surface area contributed by atoms with E-state index in [0.29, 0.717) is 12.2 Å². The average molecular weight is 397 g/mol. The van der Waals surface area contributed by atoms with Crippen LogP contribution >= 0.6 is 0 Å². The molecule has 6 nitrogen and oxygen atoms in total. The highest BCUT2D eigenvalue weighted by Gasteiger charge is 2.12. The SMILES string of the molecule is Cc1ccc(-c2nn(Cc3ccccc3)cc2/C=N\NC(=O)c2ccc[nH]2)cc1C. The van der Waals surface area contributed by atoms with E-state index in [0.717, 1.165) is 22.4 Å². The van der Waals surface area contributed by atoms with Crippen molar-refractivity contribution in [3.8, 4) is 11.3 Å². The van der Waals surface area contributed by atoms with E-state index in [1.807, 2.05) is 29.1 Å². The topological polar surface area (TPSA) is 75.1 Å². The number of hydrogen-bond donors (Lipinski definition) is 2. The average Bonchev–Trinajstić information content (AvgIpc) is 3.41. The first-order valence-corrected chi connectivity index (χ1v) is 9.76. The van der Waals surface area contributed by atoms with E-state index < -0.39 is 0 Å². The fraction of sp³-hybridized carbons (Fsp3) is 0.125. The molecular weight excluding hydrogens is 374 g/mol. The number of benzene rings is 2. The van der Waals surface area contributed by atoms with Crippen LogP contribution in [-0.4, -0.2) is 26.9 Å². The van der Waals surface area contributed by atoms with Crippen molar-refractivity contribution >= 4 is 12.1 Å². The first-order valence-electron chi connectivity index (χ1n) is 9.76. The Morgan fingerprint density at radius 1 is 1.10 bits per heavy atom. The lowest BCUT2D eigenvalue weighted by molar-refractivity contribution is 0.0951. The Balaban J connectivity index is 1.63. The van der Waals surface area contributed by atoms with Crippen LogP contribution in [0.15, 0.2) is 78.2 Å². The van der Waals surface area contributed by atoms with Crippen molar-refractivity contribution in [3.05, 3.63) is 101 Å². The maximum atomic E-state index is 12.1. The summed E-state index contributed by atoms with van der Waals surface area (Å²) >= 11 is 0. The standard InChI is InChI=1S/C24H23N5O/c1-17-10-11-20(13-18(17)2)23-21(14-26-27-24(30)22-9-6-12-25-22)16-29(28-23)15-19-7-4-3-5-8-19/h3-14,16,25H,15H2,1-2H3,(H,27,30)/b26-14-. The third-order valence-electron chi connectivity index (χ3n) is 4.97. The van der Waals surface area contributed by atoms with Crippen molar-refractivity contribution in [3.63, 3.8) is 0 Å². The van der Waals surface area contributed by atoms with Crippen molar-refractivity contribution < 1.29 is 4.79 Å². The number of H-pyrrole nitrogens is 1. The molecule has 2 aromatic heterocycles. The number of aromatic amines is 1. The van der Waals surface area contributed by atoms with Crippen LogP contribution in [-0.2, 0) is 6.54 Å². The molecule has 0 aliphatic carbocycles. The van der Waals surface area contributed by atoms with Gasteiger partial charge in [-0.1, -0.05) is 42.5 Å². The van der Waals surface area contributed by atoms with E-state index in [1.165, 1.54) is 11.1 Å². The quantitative estimate of drug-likeness (QED) is 0.376. The lowest BCUT2D eigenvalue weighted by Gasteiger charge is -2.04. The molecule has 1 amide bonds. The predicted octanol–water partition coefficient (Wildman–Crippen LogP) is 4.31. The molecule has 4 rings (SSSR count). The zero-order valence-electron chi connectivity index (χ0n) is 17.0. The molecule has 0 saturated heterocycles. The van der Waals surface area contributed by atoms with Crippen molar-refractivity contribution in [2.45, 2.75) is 20.4 Å². The molecule has 6 heteroatoms. The van der Waals surface area contributed by atoms with E-state index in [4.69, 9.17) is 5.10 Å². The normalized spacial score (nSPS) is 11.1. The summed E-state index contributed by atoms with van der Waals surface area (Å²) in [6, 6.07) is 19.9. The summed E-state index contributed by atoms with van der Waals surface area (Å²) in [6.07, 6.45) is 5.28. The Hall–Kier alpha value is -3.93. The Kier molecular flexibility index (Phi) is 5.57. The lowest BCUT2D eigenvalue weighted by atomic mass is 10.0. The predicted molar refractivity (Wildman–Crippen MR) is 119 cm³/mol. The van der Waals surface area contributed by atoms with E-state index in [1.54, 1.807) is 24.5 Å². The second-order valence-corrected chi connectivity index (χ2v) is 7.20. The van der Waals surface area contributed by atoms with Crippen LogP contribution in [0.3, 0.4) is 0 Å². The fourth-order valence-electron chi connectivity index (χ4n) is 3.19. The van der Waals surface area contributed by atoms with Crippen LogP contribution < -0.4 is 5.43 Å². The van der Waals surface area contributed by atoms with Crippen LogP contribution in [0, 0.1) is 13.8 Å². The number of nitrogens with zero attached hydrogens (tertiary/aromatic N) is 3. The minimum Gasteiger partial charge on any atom is -0.357 e.